The molecule has 1 amide bonds. The van der Waals surface area contributed by atoms with Crippen molar-refractivity contribution < 1.29 is 31.9 Å². The molecule has 72 valence electrons. The maximum atomic E-state index is 12.0. The Morgan fingerprint density at radius 2 is 1.75 bits per heavy atom. The molecule has 0 rings (SSSR count). The van der Waals surface area contributed by atoms with Crippen molar-refractivity contribution in [3.8, 4) is 0 Å². The zero-order valence-electron chi connectivity index (χ0n) is 5.40. The minimum atomic E-state index is -5.00. The van der Waals surface area contributed by atoms with Crippen molar-refractivity contribution in [1.82, 2.24) is 5.32 Å². The van der Waals surface area contributed by atoms with Crippen molar-refractivity contribution in [2.24, 2.45) is 0 Å². The van der Waals surface area contributed by atoms with Crippen LogP contribution < -0.4 is 5.32 Å². The lowest BCUT2D eigenvalue weighted by Crippen LogP contribution is -2.48. The molecule has 0 spiro atoms. The first-order valence-electron chi connectivity index (χ1n) is 2.58. The van der Waals surface area contributed by atoms with Crippen LogP contribution in [-0.2, 0) is 0 Å². The Balaban J connectivity index is 4.24. The molecule has 0 aromatic carbocycles. The highest BCUT2D eigenvalue weighted by molar-refractivity contribution is 5.64. The van der Waals surface area contributed by atoms with E-state index in [-0.39, 0.29) is 0 Å². The summed E-state index contributed by atoms with van der Waals surface area (Å²) >= 11 is 0. The van der Waals surface area contributed by atoms with Gasteiger partial charge in [-0.05, 0) is 0 Å². The molecular weight excluding hydrogens is 189 g/mol. The van der Waals surface area contributed by atoms with E-state index in [0.29, 0.717) is 5.32 Å². The predicted molar refractivity (Wildman–Crippen MR) is 27.0 cm³/mol. The number of carboxylic acid groups (broad SMARTS) is 1. The number of nitrogens with one attached hydrogen (secondary N) is 1. The van der Waals surface area contributed by atoms with Crippen LogP contribution in [-0.4, -0.2) is 29.8 Å². The maximum Gasteiger partial charge on any atom is 0.407 e. The third-order valence-electron chi connectivity index (χ3n) is 0.879. The van der Waals surface area contributed by atoms with Crippen LogP contribution in [0.4, 0.5) is 26.7 Å². The van der Waals surface area contributed by atoms with E-state index in [1.807, 2.05) is 0 Å². The Morgan fingerprint density at radius 1 is 1.33 bits per heavy atom. The van der Waals surface area contributed by atoms with Gasteiger partial charge in [-0.25, -0.2) is 18.0 Å². The van der Waals surface area contributed by atoms with Crippen LogP contribution in [0.3, 0.4) is 0 Å². The summed E-state index contributed by atoms with van der Waals surface area (Å²) < 4.78 is 58.2. The summed E-state index contributed by atoms with van der Waals surface area (Å²) in [6.45, 7) is 0. The third kappa shape index (κ3) is 2.51. The number of hydrogen-bond donors (Lipinski definition) is 2. The molecule has 8 heteroatoms. The van der Waals surface area contributed by atoms with Crippen LogP contribution >= 0.6 is 0 Å². The highest BCUT2D eigenvalue weighted by Crippen LogP contribution is 2.27. The summed E-state index contributed by atoms with van der Waals surface area (Å²) in [6.07, 6.45) is -9.99. The summed E-state index contributed by atoms with van der Waals surface area (Å²) in [5.74, 6) is -5.00. The molecule has 0 fully saturated rings. The zero-order chi connectivity index (χ0) is 9.94. The first-order valence-corrected chi connectivity index (χ1v) is 2.58. The molecule has 0 aromatic rings. The van der Waals surface area contributed by atoms with Crippen LogP contribution in [0.15, 0.2) is 0 Å². The van der Waals surface area contributed by atoms with Crippen LogP contribution in [0, 0.1) is 0 Å². The quantitative estimate of drug-likeness (QED) is 0.526. The molecule has 0 heterocycles. The molecule has 0 aliphatic rings. The number of rotatable bonds is 3. The molecular formula is C4H4F5NO2. The van der Waals surface area contributed by atoms with Crippen molar-refractivity contribution in [1.29, 1.82) is 0 Å². The summed E-state index contributed by atoms with van der Waals surface area (Å²) in [7, 11) is 0. The second kappa shape index (κ2) is 3.55. The lowest BCUT2D eigenvalue weighted by molar-refractivity contribution is -0.175. The standard InChI is InChI=1S/C4H4F5NO2/c5-1(6)4(8,9)2(7)10-3(11)12/h1-2,10H,(H,11,12). The topological polar surface area (TPSA) is 49.3 Å². The van der Waals surface area contributed by atoms with Crippen molar-refractivity contribution in [3.63, 3.8) is 0 Å². The molecule has 0 aliphatic carbocycles. The Hall–Kier alpha value is -1.08. The first-order chi connectivity index (χ1) is 5.28. The highest BCUT2D eigenvalue weighted by atomic mass is 19.3. The number of carbonyl (C=O) groups is 1. The van der Waals surface area contributed by atoms with Gasteiger partial charge in [0, 0.05) is 0 Å². The van der Waals surface area contributed by atoms with Crippen LogP contribution in [0.25, 0.3) is 0 Å². The Kier molecular flexibility index (Phi) is 3.23. The van der Waals surface area contributed by atoms with Gasteiger partial charge >= 0.3 is 18.4 Å². The van der Waals surface area contributed by atoms with Gasteiger partial charge in [0.15, 0.2) is 0 Å². The highest BCUT2D eigenvalue weighted by Gasteiger charge is 2.50. The van der Waals surface area contributed by atoms with E-state index in [0.717, 1.165) is 0 Å². The zero-order valence-corrected chi connectivity index (χ0v) is 5.40. The van der Waals surface area contributed by atoms with E-state index in [9.17, 15) is 26.7 Å². The van der Waals surface area contributed by atoms with Crippen LogP contribution in [0.1, 0.15) is 0 Å². The number of amides is 1. The molecule has 0 aliphatic heterocycles. The minimum absolute atomic E-state index is 0.584. The summed E-state index contributed by atoms with van der Waals surface area (Å²) in [5, 5.41) is 8.28. The van der Waals surface area contributed by atoms with Crippen molar-refractivity contribution in [2.75, 3.05) is 0 Å². The molecule has 0 saturated carbocycles. The van der Waals surface area contributed by atoms with Gasteiger partial charge in [0.1, 0.15) is 0 Å². The average molecular weight is 193 g/mol. The van der Waals surface area contributed by atoms with Crippen molar-refractivity contribution in [3.05, 3.63) is 0 Å². The van der Waals surface area contributed by atoms with Crippen LogP contribution in [0.5, 0.6) is 0 Å². The molecule has 0 aromatic heterocycles. The predicted octanol–water partition coefficient (Wildman–Crippen LogP) is 1.45. The van der Waals surface area contributed by atoms with E-state index >= 15 is 0 Å². The lowest BCUT2D eigenvalue weighted by Gasteiger charge is -2.18. The van der Waals surface area contributed by atoms with E-state index in [1.165, 1.54) is 0 Å². The van der Waals surface area contributed by atoms with E-state index < -0.39 is 24.7 Å². The van der Waals surface area contributed by atoms with Gasteiger partial charge in [-0.3, -0.25) is 5.32 Å². The summed E-state index contributed by atoms with van der Waals surface area (Å²) in [6, 6.07) is 0. The van der Waals surface area contributed by atoms with Gasteiger partial charge in [-0.2, -0.15) is 8.78 Å². The molecule has 1 atom stereocenters. The Bertz CT molecular complexity index is 173. The van der Waals surface area contributed by atoms with Gasteiger partial charge < -0.3 is 5.11 Å². The Morgan fingerprint density at radius 3 is 2.00 bits per heavy atom. The molecule has 0 saturated heterocycles. The van der Waals surface area contributed by atoms with Gasteiger partial charge in [0.05, 0.1) is 0 Å². The second-order valence-corrected chi connectivity index (χ2v) is 1.79. The van der Waals surface area contributed by atoms with E-state index in [2.05, 4.69) is 0 Å². The molecule has 1 unspecified atom stereocenters. The van der Waals surface area contributed by atoms with Crippen molar-refractivity contribution in [2.45, 2.75) is 18.6 Å². The van der Waals surface area contributed by atoms with E-state index in [1.54, 1.807) is 0 Å². The van der Waals surface area contributed by atoms with Gasteiger partial charge in [0.2, 0.25) is 6.30 Å². The number of halogens is 5. The number of alkyl halides is 5. The molecule has 12 heavy (non-hydrogen) atoms. The third-order valence-corrected chi connectivity index (χ3v) is 0.879. The molecule has 2 N–H and O–H groups in total. The normalized spacial score (nSPS) is 14.5. The maximum absolute atomic E-state index is 12.0. The van der Waals surface area contributed by atoms with Gasteiger partial charge in [0.25, 0.3) is 0 Å². The van der Waals surface area contributed by atoms with Gasteiger partial charge in [-0.15, -0.1) is 0 Å². The molecule has 0 radical (unpaired) electrons. The molecule has 3 nitrogen and oxygen atoms in total. The average Bonchev–Trinajstić information content (AvgIpc) is 1.85. The van der Waals surface area contributed by atoms with Crippen LogP contribution in [0.2, 0.25) is 0 Å². The molecule has 0 bridgehead atoms. The Labute approximate surface area is 63.2 Å². The van der Waals surface area contributed by atoms with Crippen molar-refractivity contribution >= 4 is 6.09 Å². The summed E-state index contributed by atoms with van der Waals surface area (Å²) in [4.78, 5) is 9.55. The fourth-order valence-electron chi connectivity index (χ4n) is 0.315. The number of hydrogen-bond acceptors (Lipinski definition) is 1. The first kappa shape index (κ1) is 10.9. The largest absolute Gasteiger partial charge is 0.465 e. The fourth-order valence-corrected chi connectivity index (χ4v) is 0.315. The van der Waals surface area contributed by atoms with Gasteiger partial charge in [-0.1, -0.05) is 0 Å². The lowest BCUT2D eigenvalue weighted by atomic mass is 10.3. The SMILES string of the molecule is O=C(O)NC(F)C(F)(F)C(F)F. The fraction of sp³-hybridized carbons (Fsp3) is 0.750. The monoisotopic (exact) mass is 193 g/mol. The summed E-state index contributed by atoms with van der Waals surface area (Å²) in [5.41, 5.74) is 0. The smallest absolute Gasteiger partial charge is 0.407 e. The van der Waals surface area contributed by atoms with E-state index in [4.69, 9.17) is 5.11 Å². The second-order valence-electron chi connectivity index (χ2n) is 1.79. The minimum Gasteiger partial charge on any atom is -0.465 e.